The van der Waals surface area contributed by atoms with Crippen LogP contribution in [-0.4, -0.2) is 32.8 Å². The van der Waals surface area contributed by atoms with E-state index in [1.54, 1.807) is 54.4 Å². The van der Waals surface area contributed by atoms with Gasteiger partial charge in [-0.3, -0.25) is 14.3 Å². The van der Waals surface area contributed by atoms with Crippen molar-refractivity contribution in [2.45, 2.75) is 17.5 Å². The van der Waals surface area contributed by atoms with E-state index in [1.165, 1.54) is 17.8 Å². The molecule has 1 N–H and O–H groups in total. The number of carbonyl (C=O) groups is 1. The fraction of sp³-hybridized carbons (Fsp3) is 0.103. The molecular weight excluding hydrogens is 501 g/mol. The molecule has 0 atom stereocenters. The molecule has 0 aliphatic heterocycles. The molecule has 0 aliphatic rings. The Morgan fingerprint density at radius 1 is 0.947 bits per heavy atom. The highest BCUT2D eigenvalue weighted by atomic mass is 32.2. The van der Waals surface area contributed by atoms with E-state index in [0.29, 0.717) is 40.3 Å². The average molecular weight is 526 g/mol. The number of aromatic nitrogens is 4. The number of halogens is 1. The van der Waals surface area contributed by atoms with Crippen LogP contribution >= 0.6 is 11.8 Å². The molecule has 1 amide bonds. The summed E-state index contributed by atoms with van der Waals surface area (Å²) in [5.41, 5.74) is 3.66. The first-order chi connectivity index (χ1) is 18.6. The van der Waals surface area contributed by atoms with Crippen molar-refractivity contribution in [1.82, 2.24) is 25.1 Å². The minimum absolute atomic E-state index is 0.150. The lowest BCUT2D eigenvalue weighted by Gasteiger charge is -2.12. The Hall–Kier alpha value is -4.50. The quantitative estimate of drug-likeness (QED) is 0.249. The summed E-state index contributed by atoms with van der Waals surface area (Å²) in [7, 11) is 1.60. The van der Waals surface area contributed by atoms with Crippen LogP contribution in [0.15, 0.2) is 102 Å². The lowest BCUT2D eigenvalue weighted by molar-refractivity contribution is 0.0951. The monoisotopic (exact) mass is 525 g/mol. The summed E-state index contributed by atoms with van der Waals surface area (Å²) >= 11 is 1.44. The van der Waals surface area contributed by atoms with Gasteiger partial charge in [0.05, 0.1) is 12.8 Å². The molecule has 3 aromatic carbocycles. The van der Waals surface area contributed by atoms with Gasteiger partial charge in [0, 0.05) is 35.8 Å². The summed E-state index contributed by atoms with van der Waals surface area (Å²) in [6.45, 7) is 0.431. The van der Waals surface area contributed by atoms with Crippen molar-refractivity contribution in [2.24, 2.45) is 0 Å². The number of ether oxygens (including phenoxy) is 1. The van der Waals surface area contributed by atoms with Crippen LogP contribution in [0.25, 0.3) is 17.1 Å². The highest BCUT2D eigenvalue weighted by molar-refractivity contribution is 7.98. The van der Waals surface area contributed by atoms with Gasteiger partial charge in [-0.1, -0.05) is 48.2 Å². The molecule has 38 heavy (non-hydrogen) atoms. The van der Waals surface area contributed by atoms with Gasteiger partial charge in [0.1, 0.15) is 11.6 Å². The number of hydrogen-bond donors (Lipinski definition) is 1. The van der Waals surface area contributed by atoms with Crippen molar-refractivity contribution in [3.8, 4) is 22.8 Å². The standard InChI is InChI=1S/C29H24FN5O2S/c1-37-24-6-4-5-23(17-24)27-33-34-29(35(27)26-8-3-2-7-25(26)30)38-19-21-9-11-22(12-10-21)28(36)32-18-20-13-15-31-16-14-20/h2-17H,18-19H2,1H3,(H,32,36). The van der Waals surface area contributed by atoms with Crippen molar-refractivity contribution in [3.05, 3.63) is 120 Å². The fourth-order valence-electron chi connectivity index (χ4n) is 3.85. The highest BCUT2D eigenvalue weighted by Crippen LogP contribution is 2.32. The summed E-state index contributed by atoms with van der Waals surface area (Å²) < 4.78 is 21.9. The maximum atomic E-state index is 14.9. The van der Waals surface area contributed by atoms with Crippen molar-refractivity contribution in [2.75, 3.05) is 7.11 Å². The molecule has 7 nitrogen and oxygen atoms in total. The van der Waals surface area contributed by atoms with Crippen molar-refractivity contribution in [3.63, 3.8) is 0 Å². The number of amides is 1. The van der Waals surface area contributed by atoms with E-state index < -0.39 is 0 Å². The van der Waals surface area contributed by atoms with Crippen molar-refractivity contribution in [1.29, 1.82) is 0 Å². The van der Waals surface area contributed by atoms with Gasteiger partial charge in [0.25, 0.3) is 5.91 Å². The summed E-state index contributed by atoms with van der Waals surface area (Å²) in [6, 6.07) is 25.1. The molecule has 0 bridgehead atoms. The number of nitrogens with zero attached hydrogens (tertiary/aromatic N) is 4. The maximum absolute atomic E-state index is 14.9. The Morgan fingerprint density at radius 3 is 2.50 bits per heavy atom. The van der Waals surface area contributed by atoms with Gasteiger partial charge in [-0.2, -0.15) is 0 Å². The van der Waals surface area contributed by atoms with Crippen LogP contribution in [0.2, 0.25) is 0 Å². The number of carbonyl (C=O) groups excluding carboxylic acids is 1. The molecule has 0 saturated heterocycles. The van der Waals surface area contributed by atoms with E-state index in [9.17, 15) is 9.18 Å². The van der Waals surface area contributed by atoms with Gasteiger partial charge >= 0.3 is 0 Å². The third kappa shape index (κ3) is 5.73. The van der Waals surface area contributed by atoms with Crippen LogP contribution in [0.5, 0.6) is 5.75 Å². The SMILES string of the molecule is COc1cccc(-c2nnc(SCc3ccc(C(=O)NCc4ccncc4)cc3)n2-c2ccccc2F)c1. The lowest BCUT2D eigenvalue weighted by Crippen LogP contribution is -2.22. The zero-order valence-corrected chi connectivity index (χ0v) is 21.4. The molecule has 0 saturated carbocycles. The topological polar surface area (TPSA) is 81.9 Å². The fourth-order valence-corrected chi connectivity index (χ4v) is 4.75. The van der Waals surface area contributed by atoms with Gasteiger partial charge in [-0.25, -0.2) is 4.39 Å². The predicted molar refractivity (Wildman–Crippen MR) is 145 cm³/mol. The Morgan fingerprint density at radius 2 is 1.74 bits per heavy atom. The van der Waals surface area contributed by atoms with Crippen molar-refractivity contribution >= 4 is 17.7 Å². The maximum Gasteiger partial charge on any atom is 0.251 e. The number of pyridine rings is 1. The Labute approximate surface area is 223 Å². The van der Waals surface area contributed by atoms with E-state index >= 15 is 0 Å². The van der Waals surface area contributed by atoms with Gasteiger partial charge in [0.15, 0.2) is 11.0 Å². The first-order valence-electron chi connectivity index (χ1n) is 11.9. The molecule has 0 radical (unpaired) electrons. The number of para-hydroxylation sites is 1. The van der Waals surface area contributed by atoms with Gasteiger partial charge < -0.3 is 10.1 Å². The lowest BCUT2D eigenvalue weighted by atomic mass is 10.1. The number of hydrogen-bond acceptors (Lipinski definition) is 6. The van der Waals surface area contributed by atoms with Gasteiger partial charge in [-0.05, 0) is 59.7 Å². The first kappa shape index (κ1) is 25.2. The van der Waals surface area contributed by atoms with Gasteiger partial charge in [0.2, 0.25) is 0 Å². The second kappa shape index (κ2) is 11.7. The molecule has 5 aromatic rings. The summed E-state index contributed by atoms with van der Waals surface area (Å²) in [5, 5.41) is 12.2. The molecule has 0 fully saturated rings. The van der Waals surface area contributed by atoms with Crippen LogP contribution < -0.4 is 10.1 Å². The third-order valence-corrected chi connectivity index (χ3v) is 6.84. The highest BCUT2D eigenvalue weighted by Gasteiger charge is 2.19. The Kier molecular flexibility index (Phi) is 7.75. The molecule has 0 spiro atoms. The van der Waals surface area contributed by atoms with Crippen LogP contribution in [0.1, 0.15) is 21.5 Å². The number of rotatable bonds is 9. The first-order valence-corrected chi connectivity index (χ1v) is 12.8. The molecule has 5 rings (SSSR count). The molecule has 2 aromatic heterocycles. The molecule has 0 unspecified atom stereocenters. The predicted octanol–water partition coefficient (Wildman–Crippen LogP) is 5.70. The van der Waals surface area contributed by atoms with Crippen LogP contribution in [0.4, 0.5) is 4.39 Å². The van der Waals surface area contributed by atoms with E-state index in [4.69, 9.17) is 4.74 Å². The molecule has 2 heterocycles. The number of thioether (sulfide) groups is 1. The summed E-state index contributed by atoms with van der Waals surface area (Å²) in [6.07, 6.45) is 3.39. The second-order valence-electron chi connectivity index (χ2n) is 8.35. The van der Waals surface area contributed by atoms with E-state index in [0.717, 1.165) is 16.7 Å². The summed E-state index contributed by atoms with van der Waals surface area (Å²) in [5.74, 6) is 1.22. The van der Waals surface area contributed by atoms with E-state index in [-0.39, 0.29) is 11.7 Å². The third-order valence-electron chi connectivity index (χ3n) is 5.84. The van der Waals surface area contributed by atoms with Crippen LogP contribution in [0, 0.1) is 5.82 Å². The molecular formula is C29H24FN5O2S. The van der Waals surface area contributed by atoms with E-state index in [1.807, 2.05) is 48.5 Å². The number of benzene rings is 3. The zero-order chi connectivity index (χ0) is 26.3. The minimum atomic E-state index is -0.375. The smallest absolute Gasteiger partial charge is 0.251 e. The van der Waals surface area contributed by atoms with Crippen LogP contribution in [-0.2, 0) is 12.3 Å². The average Bonchev–Trinajstić information content (AvgIpc) is 3.39. The Bertz CT molecular complexity index is 1540. The molecule has 0 aliphatic carbocycles. The minimum Gasteiger partial charge on any atom is -0.497 e. The van der Waals surface area contributed by atoms with Gasteiger partial charge in [-0.15, -0.1) is 10.2 Å². The summed E-state index contributed by atoms with van der Waals surface area (Å²) in [4.78, 5) is 16.5. The number of nitrogens with one attached hydrogen (secondary N) is 1. The van der Waals surface area contributed by atoms with Crippen LogP contribution in [0.3, 0.4) is 0 Å². The second-order valence-corrected chi connectivity index (χ2v) is 9.29. The number of methoxy groups -OCH3 is 1. The normalized spacial score (nSPS) is 10.8. The molecule has 9 heteroatoms. The largest absolute Gasteiger partial charge is 0.497 e. The molecule has 190 valence electrons. The van der Waals surface area contributed by atoms with Crippen molar-refractivity contribution < 1.29 is 13.9 Å². The zero-order valence-electron chi connectivity index (χ0n) is 20.5. The van der Waals surface area contributed by atoms with E-state index in [2.05, 4.69) is 20.5 Å². The Balaban J connectivity index is 1.34.